The van der Waals surface area contributed by atoms with Crippen LogP contribution in [0.2, 0.25) is 0 Å². The fourth-order valence-electron chi connectivity index (χ4n) is 3.40. The van der Waals surface area contributed by atoms with Crippen LogP contribution >= 0.6 is 15.9 Å². The second-order valence-electron chi connectivity index (χ2n) is 7.17. The first-order valence-electron chi connectivity index (χ1n) is 9.47. The van der Waals surface area contributed by atoms with Crippen LogP contribution in [0.4, 0.5) is 5.69 Å². The van der Waals surface area contributed by atoms with E-state index in [1.165, 1.54) is 6.42 Å². The van der Waals surface area contributed by atoms with Crippen LogP contribution in [-0.4, -0.2) is 11.8 Å². The largest absolute Gasteiger partial charge is 0.352 e. The molecular weight excluding hydrogens is 404 g/mol. The van der Waals surface area contributed by atoms with Crippen molar-refractivity contribution in [3.8, 4) is 0 Å². The van der Waals surface area contributed by atoms with Crippen LogP contribution in [-0.2, 0) is 11.3 Å². The van der Waals surface area contributed by atoms with Crippen molar-refractivity contribution < 1.29 is 9.59 Å². The first-order valence-corrected chi connectivity index (χ1v) is 10.3. The standard InChI is InChI=1S/C22H25BrN2O2/c1-15-13-19(11-12-20(15)23)25-22(27)18-9-7-16(8-10-18)14-24-21(26)17-5-3-2-4-6-17/h7-13,17H,2-6,14H2,1H3,(H,24,26)(H,25,27). The van der Waals surface area contributed by atoms with Gasteiger partial charge in [0.25, 0.3) is 5.91 Å². The van der Waals surface area contributed by atoms with Crippen LogP contribution in [0.15, 0.2) is 46.9 Å². The van der Waals surface area contributed by atoms with Crippen molar-refractivity contribution in [2.75, 3.05) is 5.32 Å². The molecule has 0 aliphatic heterocycles. The SMILES string of the molecule is Cc1cc(NC(=O)c2ccc(CNC(=O)C3CCCCC3)cc2)ccc1Br. The lowest BCUT2D eigenvalue weighted by atomic mass is 9.88. The van der Waals surface area contributed by atoms with E-state index >= 15 is 0 Å². The van der Waals surface area contributed by atoms with Gasteiger partial charge in [0, 0.05) is 28.2 Å². The van der Waals surface area contributed by atoms with Gasteiger partial charge in [-0.25, -0.2) is 0 Å². The molecule has 2 aromatic rings. The van der Waals surface area contributed by atoms with Crippen LogP contribution in [0.5, 0.6) is 0 Å². The number of hydrogen-bond donors (Lipinski definition) is 2. The quantitative estimate of drug-likeness (QED) is 0.686. The average molecular weight is 429 g/mol. The van der Waals surface area contributed by atoms with Gasteiger partial charge in [-0.15, -0.1) is 0 Å². The molecular formula is C22H25BrN2O2. The topological polar surface area (TPSA) is 58.2 Å². The van der Waals surface area contributed by atoms with E-state index in [1.807, 2.05) is 37.3 Å². The first kappa shape index (κ1) is 19.6. The fraction of sp³-hybridized carbons (Fsp3) is 0.364. The lowest BCUT2D eigenvalue weighted by Crippen LogP contribution is -2.31. The number of carbonyl (C=O) groups is 2. The van der Waals surface area contributed by atoms with E-state index in [1.54, 1.807) is 12.1 Å². The summed E-state index contributed by atoms with van der Waals surface area (Å²) in [6, 6.07) is 13.1. The van der Waals surface area contributed by atoms with Crippen molar-refractivity contribution >= 4 is 33.4 Å². The molecule has 142 valence electrons. The Morgan fingerprint density at radius 3 is 2.41 bits per heavy atom. The molecule has 0 heterocycles. The summed E-state index contributed by atoms with van der Waals surface area (Å²) < 4.78 is 1.01. The molecule has 1 fully saturated rings. The van der Waals surface area contributed by atoms with Crippen molar-refractivity contribution in [2.45, 2.75) is 45.6 Å². The number of benzene rings is 2. The molecule has 1 aliphatic carbocycles. The Morgan fingerprint density at radius 2 is 1.74 bits per heavy atom. The Hall–Kier alpha value is -2.14. The molecule has 1 saturated carbocycles. The van der Waals surface area contributed by atoms with Crippen molar-refractivity contribution in [1.29, 1.82) is 0 Å². The summed E-state index contributed by atoms with van der Waals surface area (Å²) in [5, 5.41) is 5.93. The van der Waals surface area contributed by atoms with Gasteiger partial charge >= 0.3 is 0 Å². The zero-order chi connectivity index (χ0) is 19.2. The highest BCUT2D eigenvalue weighted by Gasteiger charge is 2.20. The number of halogens is 1. The minimum atomic E-state index is -0.144. The fourth-order valence-corrected chi connectivity index (χ4v) is 3.64. The molecule has 2 aromatic carbocycles. The predicted octanol–water partition coefficient (Wildman–Crippen LogP) is 5.21. The van der Waals surface area contributed by atoms with Crippen molar-refractivity contribution in [3.05, 3.63) is 63.6 Å². The number of rotatable bonds is 5. The molecule has 4 nitrogen and oxygen atoms in total. The molecule has 3 rings (SSSR count). The summed E-state index contributed by atoms with van der Waals surface area (Å²) in [5.41, 5.74) is 3.43. The van der Waals surface area contributed by atoms with E-state index in [-0.39, 0.29) is 17.7 Å². The van der Waals surface area contributed by atoms with Crippen molar-refractivity contribution in [2.24, 2.45) is 5.92 Å². The second-order valence-corrected chi connectivity index (χ2v) is 8.02. The predicted molar refractivity (Wildman–Crippen MR) is 112 cm³/mol. The number of hydrogen-bond acceptors (Lipinski definition) is 2. The van der Waals surface area contributed by atoms with E-state index in [0.29, 0.717) is 12.1 Å². The third-order valence-corrected chi connectivity index (χ3v) is 5.96. The molecule has 0 aromatic heterocycles. The maximum absolute atomic E-state index is 12.4. The smallest absolute Gasteiger partial charge is 0.255 e. The Labute approximate surface area is 168 Å². The summed E-state index contributed by atoms with van der Waals surface area (Å²) in [6.07, 6.45) is 5.55. The highest BCUT2D eigenvalue weighted by Crippen LogP contribution is 2.24. The van der Waals surface area contributed by atoms with Gasteiger partial charge in [-0.1, -0.05) is 47.3 Å². The average Bonchev–Trinajstić information content (AvgIpc) is 2.70. The Bertz CT molecular complexity index is 812. The Kier molecular flexibility index (Phi) is 6.67. The molecule has 27 heavy (non-hydrogen) atoms. The van der Waals surface area contributed by atoms with E-state index in [2.05, 4.69) is 26.6 Å². The monoisotopic (exact) mass is 428 g/mol. The normalized spacial score (nSPS) is 14.6. The molecule has 0 saturated heterocycles. The summed E-state index contributed by atoms with van der Waals surface area (Å²) >= 11 is 3.46. The van der Waals surface area contributed by atoms with Gasteiger partial charge in [0.05, 0.1) is 0 Å². The third-order valence-electron chi connectivity index (χ3n) is 5.07. The van der Waals surface area contributed by atoms with Gasteiger partial charge in [0.15, 0.2) is 0 Å². The molecule has 0 radical (unpaired) electrons. The zero-order valence-corrected chi connectivity index (χ0v) is 17.1. The number of nitrogens with one attached hydrogen (secondary N) is 2. The molecule has 0 spiro atoms. The van der Waals surface area contributed by atoms with E-state index in [9.17, 15) is 9.59 Å². The molecule has 2 N–H and O–H groups in total. The summed E-state index contributed by atoms with van der Waals surface area (Å²) in [5.74, 6) is 0.176. The molecule has 0 bridgehead atoms. The van der Waals surface area contributed by atoms with Gasteiger partial charge < -0.3 is 10.6 Å². The van der Waals surface area contributed by atoms with Crippen LogP contribution in [0.25, 0.3) is 0 Å². The number of amides is 2. The lowest BCUT2D eigenvalue weighted by Gasteiger charge is -2.20. The number of anilines is 1. The molecule has 5 heteroatoms. The van der Waals surface area contributed by atoms with Gasteiger partial charge in [0.1, 0.15) is 0 Å². The van der Waals surface area contributed by atoms with Gasteiger partial charge in [0.2, 0.25) is 5.91 Å². The highest BCUT2D eigenvalue weighted by molar-refractivity contribution is 9.10. The van der Waals surface area contributed by atoms with E-state index in [4.69, 9.17) is 0 Å². The second kappa shape index (κ2) is 9.18. The van der Waals surface area contributed by atoms with Crippen LogP contribution in [0, 0.1) is 12.8 Å². The van der Waals surface area contributed by atoms with E-state index in [0.717, 1.165) is 47.0 Å². The zero-order valence-electron chi connectivity index (χ0n) is 15.6. The van der Waals surface area contributed by atoms with Crippen LogP contribution in [0.1, 0.15) is 53.6 Å². The number of aryl methyl sites for hydroxylation is 1. The Morgan fingerprint density at radius 1 is 1.04 bits per heavy atom. The van der Waals surface area contributed by atoms with Gasteiger partial charge in [-0.3, -0.25) is 9.59 Å². The lowest BCUT2D eigenvalue weighted by molar-refractivity contribution is -0.126. The van der Waals surface area contributed by atoms with Gasteiger partial charge in [-0.05, 0) is 61.2 Å². The first-order chi connectivity index (χ1) is 13.0. The third kappa shape index (κ3) is 5.42. The van der Waals surface area contributed by atoms with Crippen LogP contribution in [0.3, 0.4) is 0 Å². The molecule has 1 aliphatic rings. The minimum absolute atomic E-state index is 0.144. The molecule has 0 unspecified atom stereocenters. The van der Waals surface area contributed by atoms with Gasteiger partial charge in [-0.2, -0.15) is 0 Å². The maximum atomic E-state index is 12.4. The van der Waals surface area contributed by atoms with Crippen molar-refractivity contribution in [1.82, 2.24) is 5.32 Å². The number of carbonyl (C=O) groups excluding carboxylic acids is 2. The minimum Gasteiger partial charge on any atom is -0.352 e. The molecule has 0 atom stereocenters. The maximum Gasteiger partial charge on any atom is 0.255 e. The van der Waals surface area contributed by atoms with E-state index < -0.39 is 0 Å². The summed E-state index contributed by atoms with van der Waals surface area (Å²) in [4.78, 5) is 24.6. The summed E-state index contributed by atoms with van der Waals surface area (Å²) in [7, 11) is 0. The summed E-state index contributed by atoms with van der Waals surface area (Å²) in [6.45, 7) is 2.49. The Balaban J connectivity index is 1.53. The van der Waals surface area contributed by atoms with Crippen LogP contribution < -0.4 is 10.6 Å². The highest BCUT2D eigenvalue weighted by atomic mass is 79.9. The molecule has 2 amide bonds. The van der Waals surface area contributed by atoms with Crippen molar-refractivity contribution in [3.63, 3.8) is 0 Å².